The SMILES string of the molecule is C[C@@H]1[C@@H](C)CCC[C@H]1NC(=O)COC(=O)COc1ccccc1C#N. The van der Waals surface area contributed by atoms with E-state index >= 15 is 0 Å². The number of nitriles is 1. The summed E-state index contributed by atoms with van der Waals surface area (Å²) in [6.45, 7) is 3.67. The summed E-state index contributed by atoms with van der Waals surface area (Å²) in [4.78, 5) is 23.7. The van der Waals surface area contributed by atoms with Crippen LogP contribution in [0.25, 0.3) is 0 Å². The molecule has 6 nitrogen and oxygen atoms in total. The van der Waals surface area contributed by atoms with E-state index < -0.39 is 5.97 Å². The Labute approximate surface area is 148 Å². The molecule has 0 saturated heterocycles. The molecule has 0 radical (unpaired) electrons. The number of hydrogen-bond donors (Lipinski definition) is 1. The number of carbonyl (C=O) groups excluding carboxylic acids is 2. The van der Waals surface area contributed by atoms with Gasteiger partial charge in [0.05, 0.1) is 5.56 Å². The zero-order chi connectivity index (χ0) is 18.2. The van der Waals surface area contributed by atoms with Crippen molar-refractivity contribution in [2.75, 3.05) is 13.2 Å². The number of carbonyl (C=O) groups is 2. The Hall–Kier alpha value is -2.55. The van der Waals surface area contributed by atoms with Gasteiger partial charge in [-0.25, -0.2) is 4.79 Å². The van der Waals surface area contributed by atoms with Gasteiger partial charge in [0.25, 0.3) is 5.91 Å². The standard InChI is InChI=1S/C19H24N2O4/c1-13-6-5-8-16(14(13)2)21-18(22)11-25-19(23)12-24-17-9-4-3-7-15(17)10-20/h3-4,7,9,13-14,16H,5-6,8,11-12H2,1-2H3,(H,21,22)/t13-,14+,16+/m0/s1. The summed E-state index contributed by atoms with van der Waals surface area (Å²) in [6, 6.07) is 8.73. The van der Waals surface area contributed by atoms with Crippen molar-refractivity contribution in [3.05, 3.63) is 29.8 Å². The molecule has 0 aromatic heterocycles. The van der Waals surface area contributed by atoms with Crippen molar-refractivity contribution in [1.82, 2.24) is 5.32 Å². The van der Waals surface area contributed by atoms with E-state index in [1.165, 1.54) is 6.42 Å². The van der Waals surface area contributed by atoms with Gasteiger partial charge in [0.1, 0.15) is 11.8 Å². The lowest BCUT2D eigenvalue weighted by molar-refractivity contribution is -0.150. The second kappa shape index (κ2) is 9.07. The largest absolute Gasteiger partial charge is 0.481 e. The van der Waals surface area contributed by atoms with Crippen molar-refractivity contribution >= 4 is 11.9 Å². The van der Waals surface area contributed by atoms with Gasteiger partial charge in [-0.1, -0.05) is 38.8 Å². The summed E-state index contributed by atoms with van der Waals surface area (Å²) in [5.74, 6) is 0.371. The minimum absolute atomic E-state index is 0.133. The highest BCUT2D eigenvalue weighted by Gasteiger charge is 2.28. The average Bonchev–Trinajstić information content (AvgIpc) is 2.62. The first-order chi connectivity index (χ1) is 12.0. The second-order valence-electron chi connectivity index (χ2n) is 6.50. The molecule has 1 aromatic carbocycles. The van der Waals surface area contributed by atoms with Crippen molar-refractivity contribution < 1.29 is 19.1 Å². The van der Waals surface area contributed by atoms with Gasteiger partial charge in [0.15, 0.2) is 13.2 Å². The fourth-order valence-electron chi connectivity index (χ4n) is 3.04. The molecule has 134 valence electrons. The number of ether oxygens (including phenoxy) is 2. The molecule has 6 heteroatoms. The van der Waals surface area contributed by atoms with Crippen molar-refractivity contribution in [3.8, 4) is 11.8 Å². The maximum absolute atomic E-state index is 12.0. The van der Waals surface area contributed by atoms with Crippen molar-refractivity contribution in [3.63, 3.8) is 0 Å². The fourth-order valence-corrected chi connectivity index (χ4v) is 3.04. The van der Waals surface area contributed by atoms with E-state index in [9.17, 15) is 9.59 Å². The maximum atomic E-state index is 12.0. The number of amides is 1. The lowest BCUT2D eigenvalue weighted by Gasteiger charge is -2.34. The van der Waals surface area contributed by atoms with Crippen LogP contribution in [0.2, 0.25) is 0 Å². The third-order valence-electron chi connectivity index (χ3n) is 4.77. The molecular weight excluding hydrogens is 320 g/mol. The van der Waals surface area contributed by atoms with E-state index in [0.29, 0.717) is 23.1 Å². The molecule has 1 aliphatic rings. The predicted octanol–water partition coefficient (Wildman–Crippen LogP) is 2.42. The molecule has 1 saturated carbocycles. The summed E-state index contributed by atoms with van der Waals surface area (Å²) in [6.07, 6.45) is 3.24. The normalized spacial score (nSPS) is 22.5. The molecule has 1 aromatic rings. The smallest absolute Gasteiger partial charge is 0.344 e. The number of nitrogens with one attached hydrogen (secondary N) is 1. The molecule has 0 heterocycles. The van der Waals surface area contributed by atoms with Gasteiger partial charge in [-0.3, -0.25) is 4.79 Å². The van der Waals surface area contributed by atoms with E-state index in [-0.39, 0.29) is 25.2 Å². The molecule has 0 unspecified atom stereocenters. The van der Waals surface area contributed by atoms with Crippen LogP contribution in [0.1, 0.15) is 38.7 Å². The van der Waals surface area contributed by atoms with E-state index in [2.05, 4.69) is 19.2 Å². The van der Waals surface area contributed by atoms with E-state index in [1.807, 2.05) is 6.07 Å². The first kappa shape index (κ1) is 18.8. The van der Waals surface area contributed by atoms with Crippen LogP contribution in [0.5, 0.6) is 5.75 Å². The van der Waals surface area contributed by atoms with Gasteiger partial charge in [0, 0.05) is 6.04 Å². The van der Waals surface area contributed by atoms with E-state index in [1.54, 1.807) is 24.3 Å². The van der Waals surface area contributed by atoms with E-state index in [4.69, 9.17) is 14.7 Å². The summed E-state index contributed by atoms with van der Waals surface area (Å²) in [7, 11) is 0. The summed E-state index contributed by atoms with van der Waals surface area (Å²) in [5.41, 5.74) is 0.341. The molecule has 1 N–H and O–H groups in total. The highest BCUT2D eigenvalue weighted by molar-refractivity contribution is 5.81. The number of hydrogen-bond acceptors (Lipinski definition) is 5. The number of para-hydroxylation sites is 1. The fraction of sp³-hybridized carbons (Fsp3) is 0.526. The second-order valence-corrected chi connectivity index (χ2v) is 6.50. The van der Waals surface area contributed by atoms with E-state index in [0.717, 1.165) is 12.8 Å². The van der Waals surface area contributed by atoms with Crippen LogP contribution in [0.4, 0.5) is 0 Å². The molecule has 3 atom stereocenters. The molecular formula is C19H24N2O4. The Morgan fingerprint density at radius 2 is 2.00 bits per heavy atom. The minimum atomic E-state index is -0.645. The molecule has 1 aliphatic carbocycles. The molecule has 0 spiro atoms. The van der Waals surface area contributed by atoms with Gasteiger partial charge in [-0.15, -0.1) is 0 Å². The first-order valence-corrected chi connectivity index (χ1v) is 8.58. The van der Waals surface area contributed by atoms with Crippen LogP contribution in [0.3, 0.4) is 0 Å². The number of nitrogens with zero attached hydrogens (tertiary/aromatic N) is 1. The molecule has 25 heavy (non-hydrogen) atoms. The molecule has 0 bridgehead atoms. The van der Waals surface area contributed by atoms with Crippen LogP contribution in [-0.2, 0) is 14.3 Å². The molecule has 2 rings (SSSR count). The summed E-state index contributed by atoms with van der Waals surface area (Å²) >= 11 is 0. The topological polar surface area (TPSA) is 88.4 Å². The summed E-state index contributed by atoms with van der Waals surface area (Å²) in [5, 5.41) is 11.9. The van der Waals surface area contributed by atoms with Crippen LogP contribution in [0.15, 0.2) is 24.3 Å². The third-order valence-corrected chi connectivity index (χ3v) is 4.77. The Balaban J connectivity index is 1.72. The quantitative estimate of drug-likeness (QED) is 0.801. The molecule has 0 aliphatic heterocycles. The van der Waals surface area contributed by atoms with Gasteiger partial charge in [-0.05, 0) is 30.4 Å². The van der Waals surface area contributed by atoms with Crippen molar-refractivity contribution in [2.24, 2.45) is 11.8 Å². The van der Waals surface area contributed by atoms with Crippen LogP contribution < -0.4 is 10.1 Å². The number of rotatable bonds is 6. The zero-order valence-electron chi connectivity index (χ0n) is 14.7. The Morgan fingerprint density at radius 1 is 1.24 bits per heavy atom. The lowest BCUT2D eigenvalue weighted by atomic mass is 9.78. The zero-order valence-corrected chi connectivity index (χ0v) is 14.7. The lowest BCUT2D eigenvalue weighted by Crippen LogP contribution is -2.45. The first-order valence-electron chi connectivity index (χ1n) is 8.58. The average molecular weight is 344 g/mol. The van der Waals surface area contributed by atoms with Crippen molar-refractivity contribution in [1.29, 1.82) is 5.26 Å². The number of esters is 1. The Kier molecular flexibility index (Phi) is 6.81. The summed E-state index contributed by atoms with van der Waals surface area (Å²) < 4.78 is 10.2. The maximum Gasteiger partial charge on any atom is 0.344 e. The molecule has 1 fully saturated rings. The Morgan fingerprint density at radius 3 is 2.76 bits per heavy atom. The molecule has 1 amide bonds. The third kappa shape index (κ3) is 5.49. The monoisotopic (exact) mass is 344 g/mol. The Bertz CT molecular complexity index is 653. The van der Waals surface area contributed by atoms with Gasteiger partial charge in [-0.2, -0.15) is 5.26 Å². The predicted molar refractivity (Wildman–Crippen MR) is 91.7 cm³/mol. The highest BCUT2D eigenvalue weighted by Crippen LogP contribution is 2.29. The van der Waals surface area contributed by atoms with Gasteiger partial charge < -0.3 is 14.8 Å². The number of benzene rings is 1. The van der Waals surface area contributed by atoms with Gasteiger partial charge in [0.2, 0.25) is 0 Å². The van der Waals surface area contributed by atoms with Crippen molar-refractivity contribution in [2.45, 2.75) is 39.2 Å². The van der Waals surface area contributed by atoms with Crippen LogP contribution in [-0.4, -0.2) is 31.1 Å². The van der Waals surface area contributed by atoms with Crippen LogP contribution >= 0.6 is 0 Å². The minimum Gasteiger partial charge on any atom is -0.481 e. The highest BCUT2D eigenvalue weighted by atomic mass is 16.6. The van der Waals surface area contributed by atoms with Crippen LogP contribution in [0, 0.1) is 23.2 Å². The van der Waals surface area contributed by atoms with Gasteiger partial charge >= 0.3 is 5.97 Å².